The monoisotopic (exact) mass is 433 g/mol. The van der Waals surface area contributed by atoms with Gasteiger partial charge >= 0.3 is 0 Å². The van der Waals surface area contributed by atoms with Crippen molar-refractivity contribution >= 4 is 38.9 Å². The molecule has 6 nitrogen and oxygen atoms in total. The molecule has 4 rings (SSSR count). The molecular weight excluding hydrogens is 410 g/mol. The van der Waals surface area contributed by atoms with Crippen LogP contribution in [0, 0.1) is 20.8 Å². The number of benzene rings is 1. The smallest absolute Gasteiger partial charge is 0.296 e. The number of carbonyl (C=O) groups is 2. The number of pyridine rings is 1. The number of amides is 1. The van der Waals surface area contributed by atoms with Gasteiger partial charge < -0.3 is 14.6 Å². The van der Waals surface area contributed by atoms with E-state index in [0.717, 1.165) is 26.4 Å². The number of anilines is 1. The number of aromatic nitrogens is 2. The molecule has 3 heterocycles. The first-order valence-corrected chi connectivity index (χ1v) is 10.7. The highest BCUT2D eigenvalue weighted by Crippen LogP contribution is 2.34. The number of carbonyl (C=O) groups excluding carboxylic acids is 2. The number of nitrogens with zero attached hydrogens (tertiary/aromatic N) is 2. The van der Waals surface area contributed by atoms with Crippen molar-refractivity contribution in [2.24, 2.45) is 0 Å². The number of ether oxygens (including phenoxy) is 1. The summed E-state index contributed by atoms with van der Waals surface area (Å²) in [6, 6.07) is 13.6. The van der Waals surface area contributed by atoms with Crippen molar-refractivity contribution in [3.05, 3.63) is 75.9 Å². The lowest BCUT2D eigenvalue weighted by Crippen LogP contribution is -2.23. The average Bonchev–Trinajstić information content (AvgIpc) is 3.24. The van der Waals surface area contributed by atoms with E-state index in [2.05, 4.69) is 52.1 Å². The number of aryl methyl sites for hydroxylation is 2. The Morgan fingerprint density at radius 2 is 1.84 bits per heavy atom. The number of hydrogen-bond acceptors (Lipinski definition) is 5. The normalized spacial score (nSPS) is 11.0. The minimum Gasteiger partial charge on any atom is -0.481 e. The van der Waals surface area contributed by atoms with Gasteiger partial charge in [-0.05, 0) is 38.5 Å². The molecule has 4 aromatic rings. The van der Waals surface area contributed by atoms with Crippen molar-refractivity contribution in [2.75, 3.05) is 12.4 Å². The van der Waals surface area contributed by atoms with Gasteiger partial charge in [0.05, 0.1) is 22.9 Å². The summed E-state index contributed by atoms with van der Waals surface area (Å²) in [6.45, 7) is 6.59. The molecule has 0 aliphatic carbocycles. The van der Waals surface area contributed by atoms with Gasteiger partial charge in [-0.1, -0.05) is 29.8 Å². The molecule has 158 valence electrons. The molecule has 0 aliphatic heterocycles. The van der Waals surface area contributed by atoms with E-state index >= 15 is 0 Å². The Balaban J connectivity index is 1.69. The molecule has 0 radical (unpaired) electrons. The maximum atomic E-state index is 13.2. The molecule has 0 bridgehead atoms. The number of methoxy groups -OCH3 is 1. The van der Waals surface area contributed by atoms with Crippen molar-refractivity contribution in [1.82, 2.24) is 9.55 Å². The summed E-state index contributed by atoms with van der Waals surface area (Å²) in [7, 11) is 1.50. The fraction of sp³-hybridized carbons (Fsp3) is 0.208. The Labute approximate surface area is 184 Å². The Morgan fingerprint density at radius 3 is 2.55 bits per heavy atom. The van der Waals surface area contributed by atoms with Gasteiger partial charge in [-0.2, -0.15) is 0 Å². The van der Waals surface area contributed by atoms with Crippen LogP contribution in [0.3, 0.4) is 0 Å². The van der Waals surface area contributed by atoms with Crippen molar-refractivity contribution in [3.8, 4) is 5.88 Å². The Kier molecular flexibility index (Phi) is 5.61. The molecule has 0 unspecified atom stereocenters. The number of nitrogens with one attached hydrogen (secondary N) is 1. The van der Waals surface area contributed by atoms with Gasteiger partial charge in [0.1, 0.15) is 0 Å². The van der Waals surface area contributed by atoms with Crippen LogP contribution >= 0.6 is 11.3 Å². The summed E-state index contributed by atoms with van der Waals surface area (Å²) >= 11 is 1.53. The van der Waals surface area contributed by atoms with Gasteiger partial charge in [0.15, 0.2) is 0 Å². The van der Waals surface area contributed by atoms with Crippen molar-refractivity contribution in [2.45, 2.75) is 27.3 Å². The molecule has 0 saturated carbocycles. The third-order valence-electron chi connectivity index (χ3n) is 5.22. The Morgan fingerprint density at radius 1 is 1.10 bits per heavy atom. The lowest BCUT2D eigenvalue weighted by atomic mass is 10.1. The Hall–Kier alpha value is -3.45. The van der Waals surface area contributed by atoms with Gasteiger partial charge in [0.25, 0.3) is 11.7 Å². The van der Waals surface area contributed by atoms with E-state index in [1.54, 1.807) is 12.1 Å². The number of fused-ring (bicyclic) bond motifs is 1. The molecule has 0 aliphatic rings. The van der Waals surface area contributed by atoms with E-state index in [9.17, 15) is 9.59 Å². The predicted molar refractivity (Wildman–Crippen MR) is 123 cm³/mol. The summed E-state index contributed by atoms with van der Waals surface area (Å²) < 4.78 is 8.03. The standard InChI is InChI=1S/C24H23N3O3S/c1-14-5-7-17(8-6-14)13-27-16(3)21(23-19(27)11-15(2)31-23)22(28)24(29)26-18-9-10-25-20(12-18)30-4/h5-12H,13H2,1-4H3,(H,25,26,29). The molecule has 0 saturated heterocycles. The number of ketones is 1. The van der Waals surface area contributed by atoms with E-state index in [-0.39, 0.29) is 0 Å². The second-order valence-corrected chi connectivity index (χ2v) is 8.73. The van der Waals surface area contributed by atoms with Gasteiger partial charge in [-0.15, -0.1) is 11.3 Å². The molecule has 0 fully saturated rings. The predicted octanol–water partition coefficient (Wildman–Crippen LogP) is 4.90. The summed E-state index contributed by atoms with van der Waals surface area (Å²) in [5.41, 5.74) is 5.02. The van der Waals surface area contributed by atoms with Crippen LogP contribution in [0.1, 0.15) is 32.1 Å². The van der Waals surface area contributed by atoms with E-state index in [1.807, 2.05) is 13.8 Å². The van der Waals surface area contributed by atoms with Crippen LogP contribution < -0.4 is 10.1 Å². The molecule has 0 atom stereocenters. The molecular formula is C24H23N3O3S. The van der Waals surface area contributed by atoms with Gasteiger partial charge in [0.2, 0.25) is 5.88 Å². The molecule has 1 amide bonds. The minimum atomic E-state index is -0.684. The average molecular weight is 434 g/mol. The highest BCUT2D eigenvalue weighted by molar-refractivity contribution is 7.19. The molecule has 0 spiro atoms. The van der Waals surface area contributed by atoms with Crippen LogP contribution in [-0.4, -0.2) is 28.4 Å². The van der Waals surface area contributed by atoms with Crippen molar-refractivity contribution < 1.29 is 14.3 Å². The number of thiophene rings is 1. The van der Waals surface area contributed by atoms with Crippen LogP contribution in [-0.2, 0) is 11.3 Å². The minimum absolute atomic E-state index is 0.363. The zero-order valence-electron chi connectivity index (χ0n) is 17.9. The SMILES string of the molecule is COc1cc(NC(=O)C(=O)c2c(C)n(Cc3ccc(C)cc3)c3cc(C)sc23)ccn1. The summed E-state index contributed by atoms with van der Waals surface area (Å²) in [4.78, 5) is 31.1. The summed E-state index contributed by atoms with van der Waals surface area (Å²) in [5, 5.41) is 2.67. The summed E-state index contributed by atoms with van der Waals surface area (Å²) in [5.74, 6) is -0.874. The largest absolute Gasteiger partial charge is 0.481 e. The molecule has 1 aromatic carbocycles. The van der Waals surface area contributed by atoms with E-state index in [4.69, 9.17) is 4.74 Å². The number of Topliss-reactive ketones (excluding diaryl/α,β-unsaturated/α-hetero) is 1. The van der Waals surface area contributed by atoms with Gasteiger partial charge in [-0.3, -0.25) is 9.59 Å². The van der Waals surface area contributed by atoms with Crippen LogP contribution in [0.4, 0.5) is 5.69 Å². The first-order valence-electron chi connectivity index (χ1n) is 9.88. The lowest BCUT2D eigenvalue weighted by molar-refractivity contribution is -0.112. The van der Waals surface area contributed by atoms with Crippen LogP contribution in [0.2, 0.25) is 0 Å². The first-order chi connectivity index (χ1) is 14.9. The zero-order valence-corrected chi connectivity index (χ0v) is 18.7. The summed E-state index contributed by atoms with van der Waals surface area (Å²) in [6.07, 6.45) is 1.52. The fourth-order valence-corrected chi connectivity index (χ4v) is 4.72. The molecule has 7 heteroatoms. The second kappa shape index (κ2) is 8.35. The van der Waals surface area contributed by atoms with Crippen LogP contribution in [0.25, 0.3) is 10.2 Å². The molecule has 1 N–H and O–H groups in total. The first kappa shape index (κ1) is 20.8. The zero-order chi connectivity index (χ0) is 22.1. The van der Waals surface area contributed by atoms with E-state index in [0.29, 0.717) is 23.7 Å². The molecule has 3 aromatic heterocycles. The van der Waals surface area contributed by atoms with Gasteiger partial charge in [-0.25, -0.2) is 4.98 Å². The second-order valence-electron chi connectivity index (χ2n) is 7.47. The van der Waals surface area contributed by atoms with Crippen molar-refractivity contribution in [3.63, 3.8) is 0 Å². The lowest BCUT2D eigenvalue weighted by Gasteiger charge is -2.10. The quantitative estimate of drug-likeness (QED) is 0.347. The Bertz CT molecular complexity index is 1290. The molecule has 31 heavy (non-hydrogen) atoms. The third-order valence-corrected chi connectivity index (χ3v) is 6.27. The third kappa shape index (κ3) is 4.09. The van der Waals surface area contributed by atoms with Gasteiger partial charge in [0, 0.05) is 35.1 Å². The van der Waals surface area contributed by atoms with E-state index < -0.39 is 11.7 Å². The highest BCUT2D eigenvalue weighted by Gasteiger charge is 2.27. The maximum absolute atomic E-state index is 13.2. The van der Waals surface area contributed by atoms with E-state index in [1.165, 1.54) is 30.2 Å². The topological polar surface area (TPSA) is 73.2 Å². The van der Waals surface area contributed by atoms with Crippen molar-refractivity contribution in [1.29, 1.82) is 0 Å². The highest BCUT2D eigenvalue weighted by atomic mass is 32.1. The fourth-order valence-electron chi connectivity index (χ4n) is 3.61. The number of hydrogen-bond donors (Lipinski definition) is 1. The van der Waals surface area contributed by atoms with Crippen LogP contribution in [0.5, 0.6) is 5.88 Å². The maximum Gasteiger partial charge on any atom is 0.296 e. The van der Waals surface area contributed by atoms with Crippen LogP contribution in [0.15, 0.2) is 48.7 Å². The number of rotatable bonds is 6.